The number of aliphatic hydroxyl groups is 1. The first-order valence-corrected chi connectivity index (χ1v) is 5.02. The highest BCUT2D eigenvalue weighted by Gasteiger charge is 2.28. The van der Waals surface area contributed by atoms with Crippen molar-refractivity contribution >= 4 is 0 Å². The Morgan fingerprint density at radius 1 is 1.62 bits per heavy atom. The fourth-order valence-corrected chi connectivity index (χ4v) is 1.77. The SMILES string of the molecule is COC(C)(C)CC(O)C1CCCN1. The van der Waals surface area contributed by atoms with Crippen LogP contribution in [-0.4, -0.2) is 36.5 Å². The Labute approximate surface area is 80.5 Å². The summed E-state index contributed by atoms with van der Waals surface area (Å²) in [6.45, 7) is 5.05. The van der Waals surface area contributed by atoms with E-state index in [1.165, 1.54) is 6.42 Å². The standard InChI is InChI=1S/C10H21NO2/c1-10(2,13-3)7-9(12)8-5-4-6-11-8/h8-9,11-12H,4-7H2,1-3H3. The van der Waals surface area contributed by atoms with E-state index in [-0.39, 0.29) is 17.7 Å². The molecule has 0 aliphatic carbocycles. The van der Waals surface area contributed by atoms with Crippen molar-refractivity contribution in [1.82, 2.24) is 5.32 Å². The summed E-state index contributed by atoms with van der Waals surface area (Å²) in [6.07, 6.45) is 2.68. The van der Waals surface area contributed by atoms with Gasteiger partial charge in [-0.05, 0) is 33.2 Å². The second kappa shape index (κ2) is 4.40. The molecule has 1 heterocycles. The lowest BCUT2D eigenvalue weighted by atomic mass is 9.95. The molecule has 2 unspecified atom stereocenters. The molecule has 0 aromatic heterocycles. The van der Waals surface area contributed by atoms with Crippen molar-refractivity contribution in [2.45, 2.75) is 50.9 Å². The van der Waals surface area contributed by atoms with Gasteiger partial charge in [0.15, 0.2) is 0 Å². The third-order valence-corrected chi connectivity index (χ3v) is 2.82. The van der Waals surface area contributed by atoms with Crippen LogP contribution in [0, 0.1) is 0 Å². The maximum absolute atomic E-state index is 9.87. The van der Waals surface area contributed by atoms with Gasteiger partial charge in [-0.3, -0.25) is 0 Å². The molecular formula is C10H21NO2. The smallest absolute Gasteiger partial charge is 0.0720 e. The van der Waals surface area contributed by atoms with E-state index >= 15 is 0 Å². The number of hydrogen-bond acceptors (Lipinski definition) is 3. The topological polar surface area (TPSA) is 41.5 Å². The van der Waals surface area contributed by atoms with Crippen LogP contribution in [0.25, 0.3) is 0 Å². The molecule has 78 valence electrons. The monoisotopic (exact) mass is 187 g/mol. The first kappa shape index (κ1) is 11.0. The zero-order chi connectivity index (χ0) is 9.90. The normalized spacial score (nSPS) is 26.3. The number of rotatable bonds is 4. The predicted molar refractivity (Wildman–Crippen MR) is 52.7 cm³/mol. The predicted octanol–water partition coefficient (Wildman–Crippen LogP) is 0.914. The van der Waals surface area contributed by atoms with Gasteiger partial charge in [-0.1, -0.05) is 0 Å². The van der Waals surface area contributed by atoms with Gasteiger partial charge in [-0.25, -0.2) is 0 Å². The van der Waals surface area contributed by atoms with Gasteiger partial charge < -0.3 is 15.2 Å². The van der Waals surface area contributed by atoms with Gasteiger partial charge in [0, 0.05) is 19.6 Å². The van der Waals surface area contributed by atoms with Gasteiger partial charge in [-0.15, -0.1) is 0 Å². The number of nitrogens with one attached hydrogen (secondary N) is 1. The first-order valence-electron chi connectivity index (χ1n) is 5.02. The number of methoxy groups -OCH3 is 1. The van der Waals surface area contributed by atoms with Gasteiger partial charge in [-0.2, -0.15) is 0 Å². The fraction of sp³-hybridized carbons (Fsp3) is 1.00. The van der Waals surface area contributed by atoms with E-state index in [1.807, 2.05) is 13.8 Å². The largest absolute Gasteiger partial charge is 0.391 e. The molecule has 2 N–H and O–H groups in total. The van der Waals surface area contributed by atoms with Crippen LogP contribution in [0.1, 0.15) is 33.1 Å². The summed E-state index contributed by atoms with van der Waals surface area (Å²) in [5.74, 6) is 0. The van der Waals surface area contributed by atoms with Gasteiger partial charge in [0.05, 0.1) is 11.7 Å². The van der Waals surface area contributed by atoms with E-state index < -0.39 is 0 Å². The van der Waals surface area contributed by atoms with Gasteiger partial charge in [0.2, 0.25) is 0 Å². The minimum absolute atomic E-state index is 0.219. The fourth-order valence-electron chi connectivity index (χ4n) is 1.77. The van der Waals surface area contributed by atoms with Crippen LogP contribution >= 0.6 is 0 Å². The Hall–Kier alpha value is -0.120. The summed E-state index contributed by atoms with van der Waals surface area (Å²) < 4.78 is 5.28. The van der Waals surface area contributed by atoms with Crippen molar-refractivity contribution in [2.24, 2.45) is 0 Å². The molecule has 0 bridgehead atoms. The quantitative estimate of drug-likeness (QED) is 0.687. The van der Waals surface area contributed by atoms with E-state index in [0.717, 1.165) is 13.0 Å². The highest BCUT2D eigenvalue weighted by molar-refractivity contribution is 4.85. The van der Waals surface area contributed by atoms with E-state index in [9.17, 15) is 5.11 Å². The molecule has 0 aromatic rings. The van der Waals surface area contributed by atoms with Crippen molar-refractivity contribution in [1.29, 1.82) is 0 Å². The first-order chi connectivity index (χ1) is 6.05. The Bertz CT molecular complexity index is 153. The lowest BCUT2D eigenvalue weighted by Crippen LogP contribution is -2.40. The van der Waals surface area contributed by atoms with Crippen LogP contribution in [0.5, 0.6) is 0 Å². The molecule has 1 saturated heterocycles. The minimum Gasteiger partial charge on any atom is -0.391 e. The molecule has 0 aromatic carbocycles. The van der Waals surface area contributed by atoms with Crippen LogP contribution in [0.3, 0.4) is 0 Å². The van der Waals surface area contributed by atoms with Crippen LogP contribution < -0.4 is 5.32 Å². The van der Waals surface area contributed by atoms with E-state index in [2.05, 4.69) is 5.32 Å². The van der Waals surface area contributed by atoms with Gasteiger partial charge in [0.25, 0.3) is 0 Å². The molecule has 3 heteroatoms. The molecule has 1 rings (SSSR count). The zero-order valence-corrected chi connectivity index (χ0v) is 8.84. The molecule has 0 amide bonds. The molecule has 0 radical (unpaired) electrons. The van der Waals surface area contributed by atoms with Crippen LogP contribution in [0.4, 0.5) is 0 Å². The highest BCUT2D eigenvalue weighted by Crippen LogP contribution is 2.20. The van der Waals surface area contributed by atoms with Crippen LogP contribution in [-0.2, 0) is 4.74 Å². The van der Waals surface area contributed by atoms with Gasteiger partial charge >= 0.3 is 0 Å². The van der Waals surface area contributed by atoms with E-state index in [4.69, 9.17) is 4.74 Å². The Morgan fingerprint density at radius 3 is 2.77 bits per heavy atom. The van der Waals surface area contributed by atoms with E-state index in [0.29, 0.717) is 6.42 Å². The van der Waals surface area contributed by atoms with Crippen molar-refractivity contribution < 1.29 is 9.84 Å². The van der Waals surface area contributed by atoms with Gasteiger partial charge in [0.1, 0.15) is 0 Å². The summed E-state index contributed by atoms with van der Waals surface area (Å²) in [4.78, 5) is 0. The molecule has 1 aliphatic rings. The van der Waals surface area contributed by atoms with E-state index in [1.54, 1.807) is 7.11 Å². The second-order valence-electron chi connectivity index (χ2n) is 4.44. The summed E-state index contributed by atoms with van der Waals surface area (Å²) in [5.41, 5.74) is -0.219. The Morgan fingerprint density at radius 2 is 2.31 bits per heavy atom. The summed E-state index contributed by atoms with van der Waals surface area (Å²) >= 11 is 0. The highest BCUT2D eigenvalue weighted by atomic mass is 16.5. The van der Waals surface area contributed by atoms with Crippen LogP contribution in [0.2, 0.25) is 0 Å². The van der Waals surface area contributed by atoms with Crippen molar-refractivity contribution in [3.8, 4) is 0 Å². The molecule has 0 spiro atoms. The lowest BCUT2D eigenvalue weighted by molar-refractivity contribution is -0.0266. The lowest BCUT2D eigenvalue weighted by Gasteiger charge is -2.28. The maximum atomic E-state index is 9.87. The number of hydrogen-bond donors (Lipinski definition) is 2. The molecule has 1 fully saturated rings. The molecular weight excluding hydrogens is 166 g/mol. The summed E-state index contributed by atoms with van der Waals surface area (Å²) in [5, 5.41) is 13.2. The average molecular weight is 187 g/mol. The number of ether oxygens (including phenoxy) is 1. The Kier molecular flexibility index (Phi) is 3.71. The minimum atomic E-state index is -0.280. The number of aliphatic hydroxyl groups excluding tert-OH is 1. The van der Waals surface area contributed by atoms with Crippen molar-refractivity contribution in [2.75, 3.05) is 13.7 Å². The molecule has 3 nitrogen and oxygen atoms in total. The maximum Gasteiger partial charge on any atom is 0.0720 e. The molecule has 1 aliphatic heterocycles. The Balaban J connectivity index is 2.35. The zero-order valence-electron chi connectivity index (χ0n) is 8.84. The molecule has 13 heavy (non-hydrogen) atoms. The summed E-state index contributed by atoms with van der Waals surface area (Å²) in [7, 11) is 1.69. The van der Waals surface area contributed by atoms with Crippen molar-refractivity contribution in [3.63, 3.8) is 0 Å². The summed E-state index contributed by atoms with van der Waals surface area (Å²) in [6, 6.07) is 0.273. The average Bonchev–Trinajstić information content (AvgIpc) is 2.55. The molecule has 2 atom stereocenters. The third kappa shape index (κ3) is 3.25. The second-order valence-corrected chi connectivity index (χ2v) is 4.44. The molecule has 0 saturated carbocycles. The van der Waals surface area contributed by atoms with Crippen molar-refractivity contribution in [3.05, 3.63) is 0 Å². The third-order valence-electron chi connectivity index (χ3n) is 2.82. The van der Waals surface area contributed by atoms with Crippen LogP contribution in [0.15, 0.2) is 0 Å².